The minimum atomic E-state index is -4.59. The fourth-order valence-corrected chi connectivity index (χ4v) is 3.41. The van der Waals surface area contributed by atoms with Crippen molar-refractivity contribution in [2.24, 2.45) is 0 Å². The number of esters is 2. The largest absolute Gasteiger partial charge is 0.484 e. The first-order chi connectivity index (χ1) is 16.7. The van der Waals surface area contributed by atoms with Crippen molar-refractivity contribution in [3.63, 3.8) is 0 Å². The van der Waals surface area contributed by atoms with Crippen LogP contribution in [0.3, 0.4) is 0 Å². The monoisotopic (exact) mass is 492 g/mol. The number of carbonyl (C=O) groups excluding carboxylic acids is 2. The number of nitrogens with zero attached hydrogens (tertiary/aromatic N) is 4. The fourth-order valence-electron chi connectivity index (χ4n) is 3.41. The van der Waals surface area contributed by atoms with Crippen LogP contribution in [0.2, 0.25) is 0 Å². The number of aromatic nitrogens is 3. The highest BCUT2D eigenvalue weighted by Gasteiger charge is 2.33. The summed E-state index contributed by atoms with van der Waals surface area (Å²) in [5.41, 5.74) is 1.23. The van der Waals surface area contributed by atoms with E-state index in [0.29, 0.717) is 11.0 Å². The molecular weight excluding hydrogens is 473 g/mol. The van der Waals surface area contributed by atoms with Crippen LogP contribution in [0, 0.1) is 0 Å². The van der Waals surface area contributed by atoms with Gasteiger partial charge in [0.1, 0.15) is 29.2 Å². The zero-order valence-corrected chi connectivity index (χ0v) is 18.5. The van der Waals surface area contributed by atoms with E-state index in [1.807, 2.05) is 0 Å². The van der Waals surface area contributed by atoms with E-state index in [-0.39, 0.29) is 41.7 Å². The minimum absolute atomic E-state index is 0.114. The standard InChI is InChI=1S/C22H19F3N4O6/c1-32-20(30)16-10-34-12-28(19(16)21(31)33-2)13-7-14(9-15(8-13)35-11-22(23,24)25)29-26-17-5-3-4-6-18(17)27-29/h3-9H,10-12H2,1-2H3. The van der Waals surface area contributed by atoms with Crippen LogP contribution < -0.4 is 9.64 Å². The van der Waals surface area contributed by atoms with Gasteiger partial charge in [0.15, 0.2) is 6.61 Å². The summed E-state index contributed by atoms with van der Waals surface area (Å²) in [6.45, 7) is -1.98. The fraction of sp³-hybridized carbons (Fsp3) is 0.273. The van der Waals surface area contributed by atoms with E-state index < -0.39 is 24.7 Å². The summed E-state index contributed by atoms with van der Waals surface area (Å²) in [6.07, 6.45) is -4.59. The van der Waals surface area contributed by atoms with Gasteiger partial charge in [-0.25, -0.2) is 9.59 Å². The molecule has 35 heavy (non-hydrogen) atoms. The number of hydrogen-bond donors (Lipinski definition) is 0. The third kappa shape index (κ3) is 5.19. The predicted molar refractivity (Wildman–Crippen MR) is 115 cm³/mol. The Balaban J connectivity index is 1.85. The van der Waals surface area contributed by atoms with E-state index in [4.69, 9.17) is 18.9 Å². The molecule has 0 radical (unpaired) electrons. The van der Waals surface area contributed by atoms with Crippen molar-refractivity contribution in [1.82, 2.24) is 15.0 Å². The second-order valence-corrected chi connectivity index (χ2v) is 7.28. The lowest BCUT2D eigenvalue weighted by Crippen LogP contribution is -2.38. The van der Waals surface area contributed by atoms with E-state index in [0.717, 1.165) is 14.2 Å². The molecule has 1 aliphatic heterocycles. The number of hydrogen-bond acceptors (Lipinski definition) is 9. The summed E-state index contributed by atoms with van der Waals surface area (Å²) < 4.78 is 58.5. The normalized spacial score (nSPS) is 14.3. The number of benzene rings is 2. The summed E-state index contributed by atoms with van der Waals surface area (Å²) >= 11 is 0. The van der Waals surface area contributed by atoms with Crippen LogP contribution in [-0.2, 0) is 23.8 Å². The Morgan fingerprint density at radius 3 is 2.23 bits per heavy atom. The number of ether oxygens (including phenoxy) is 4. The molecule has 3 aromatic rings. The van der Waals surface area contributed by atoms with Crippen molar-refractivity contribution in [3.8, 4) is 11.4 Å². The molecule has 0 saturated carbocycles. The highest BCUT2D eigenvalue weighted by Crippen LogP contribution is 2.32. The summed E-state index contributed by atoms with van der Waals surface area (Å²) in [7, 11) is 2.27. The van der Waals surface area contributed by atoms with Crippen LogP contribution >= 0.6 is 0 Å². The van der Waals surface area contributed by atoms with Gasteiger partial charge in [-0.1, -0.05) is 12.1 Å². The molecule has 2 aromatic carbocycles. The smallest absolute Gasteiger partial charge is 0.422 e. The Morgan fingerprint density at radius 2 is 1.63 bits per heavy atom. The minimum Gasteiger partial charge on any atom is -0.484 e. The number of anilines is 1. The molecule has 1 aliphatic rings. The maximum Gasteiger partial charge on any atom is 0.422 e. The van der Waals surface area contributed by atoms with Crippen molar-refractivity contribution < 1.29 is 41.7 Å². The molecule has 0 amide bonds. The summed E-state index contributed by atoms with van der Waals surface area (Å²) in [6, 6.07) is 11.1. The lowest BCUT2D eigenvalue weighted by molar-refractivity contribution is -0.153. The zero-order valence-electron chi connectivity index (χ0n) is 18.5. The SMILES string of the molecule is COC(=O)C1=C(C(=O)OC)N(c2cc(OCC(F)(F)F)cc(-n3nc4ccccc4n3)c2)COC1. The molecule has 1 aromatic heterocycles. The quantitative estimate of drug-likeness (QED) is 0.481. The van der Waals surface area contributed by atoms with Crippen molar-refractivity contribution in [2.75, 3.05) is 39.1 Å². The van der Waals surface area contributed by atoms with Crippen LogP contribution in [-0.4, -0.2) is 67.3 Å². The molecule has 0 aliphatic carbocycles. The van der Waals surface area contributed by atoms with Crippen molar-refractivity contribution in [3.05, 3.63) is 53.7 Å². The molecule has 0 bridgehead atoms. The van der Waals surface area contributed by atoms with Crippen LogP contribution in [0.15, 0.2) is 53.7 Å². The van der Waals surface area contributed by atoms with Crippen molar-refractivity contribution in [2.45, 2.75) is 6.18 Å². The topological polar surface area (TPSA) is 105 Å². The number of fused-ring (bicyclic) bond motifs is 1. The molecular formula is C22H19F3N4O6. The first-order valence-electron chi connectivity index (χ1n) is 10.1. The van der Waals surface area contributed by atoms with Gasteiger partial charge in [0.2, 0.25) is 0 Å². The Hall–Kier alpha value is -4.13. The van der Waals surface area contributed by atoms with Gasteiger partial charge in [-0.15, -0.1) is 10.2 Å². The lowest BCUT2D eigenvalue weighted by Gasteiger charge is -2.31. The first-order valence-corrected chi connectivity index (χ1v) is 10.1. The maximum atomic E-state index is 12.8. The summed E-state index contributed by atoms with van der Waals surface area (Å²) in [5.74, 6) is -1.86. The molecule has 10 nitrogen and oxygen atoms in total. The van der Waals surface area contributed by atoms with Crippen molar-refractivity contribution in [1.29, 1.82) is 0 Å². The molecule has 0 atom stereocenters. The molecule has 0 unspecified atom stereocenters. The third-order valence-electron chi connectivity index (χ3n) is 4.94. The lowest BCUT2D eigenvalue weighted by atomic mass is 10.1. The third-order valence-corrected chi connectivity index (χ3v) is 4.94. The Kier molecular flexibility index (Phi) is 6.60. The van der Waals surface area contributed by atoms with Crippen LogP contribution in [0.4, 0.5) is 18.9 Å². The second-order valence-electron chi connectivity index (χ2n) is 7.28. The van der Waals surface area contributed by atoms with E-state index in [1.54, 1.807) is 24.3 Å². The van der Waals surface area contributed by atoms with Gasteiger partial charge >= 0.3 is 18.1 Å². The molecule has 0 fully saturated rings. The van der Waals surface area contributed by atoms with Gasteiger partial charge < -0.3 is 23.8 Å². The van der Waals surface area contributed by atoms with Gasteiger partial charge in [0.05, 0.1) is 32.1 Å². The van der Waals surface area contributed by atoms with Crippen molar-refractivity contribution >= 4 is 28.7 Å². The Bertz CT molecular complexity index is 1270. The van der Waals surface area contributed by atoms with Gasteiger partial charge in [0.25, 0.3) is 0 Å². The van der Waals surface area contributed by atoms with E-state index >= 15 is 0 Å². The molecule has 2 heterocycles. The molecule has 184 valence electrons. The molecule has 0 saturated heterocycles. The highest BCUT2D eigenvalue weighted by atomic mass is 19.4. The average Bonchev–Trinajstić information content (AvgIpc) is 3.30. The summed E-state index contributed by atoms with van der Waals surface area (Å²) in [4.78, 5) is 27.4. The average molecular weight is 492 g/mol. The Morgan fingerprint density at radius 1 is 1.00 bits per heavy atom. The molecule has 0 spiro atoms. The maximum absolute atomic E-state index is 12.8. The van der Waals surface area contributed by atoms with Crippen LogP contribution in [0.5, 0.6) is 5.75 Å². The highest BCUT2D eigenvalue weighted by molar-refractivity contribution is 6.03. The van der Waals surface area contributed by atoms with Gasteiger partial charge in [-0.2, -0.15) is 18.0 Å². The second kappa shape index (κ2) is 9.62. The van der Waals surface area contributed by atoms with Crippen LogP contribution in [0.25, 0.3) is 16.7 Å². The van der Waals surface area contributed by atoms with E-state index in [1.165, 1.54) is 27.9 Å². The van der Waals surface area contributed by atoms with Gasteiger partial charge in [0, 0.05) is 17.8 Å². The van der Waals surface area contributed by atoms with E-state index in [2.05, 4.69) is 10.2 Å². The zero-order chi connectivity index (χ0) is 25.2. The summed E-state index contributed by atoms with van der Waals surface area (Å²) in [5, 5.41) is 8.69. The molecule has 0 N–H and O–H groups in total. The predicted octanol–water partition coefficient (Wildman–Crippen LogP) is 2.76. The van der Waals surface area contributed by atoms with Crippen LogP contribution in [0.1, 0.15) is 0 Å². The first kappa shape index (κ1) is 24.0. The van der Waals surface area contributed by atoms with E-state index in [9.17, 15) is 22.8 Å². The number of alkyl halides is 3. The Labute approximate surface area is 196 Å². The molecule has 13 heteroatoms. The number of halogens is 3. The van der Waals surface area contributed by atoms with Gasteiger partial charge in [-0.05, 0) is 18.2 Å². The number of rotatable bonds is 6. The van der Waals surface area contributed by atoms with Gasteiger partial charge in [-0.3, -0.25) is 0 Å². The number of methoxy groups -OCH3 is 2. The number of carbonyl (C=O) groups is 2. The molecule has 4 rings (SSSR count).